The molecule has 290 valence electrons. The molecule has 12 aromatic rings. The molecule has 0 radical (unpaired) electrons. The van der Waals surface area contributed by atoms with Gasteiger partial charge in [-0.15, -0.1) is 11.3 Å². The van der Waals surface area contributed by atoms with E-state index in [1.807, 2.05) is 84.9 Å². The molecule has 0 saturated heterocycles. The van der Waals surface area contributed by atoms with Crippen LogP contribution in [0.15, 0.2) is 205 Å². The summed E-state index contributed by atoms with van der Waals surface area (Å²) in [5.41, 5.74) is 12.5. The van der Waals surface area contributed by atoms with E-state index < -0.39 is 0 Å². The van der Waals surface area contributed by atoms with E-state index in [1.54, 1.807) is 11.3 Å². The third-order valence-electron chi connectivity index (χ3n) is 11.4. The van der Waals surface area contributed by atoms with Crippen LogP contribution in [-0.4, -0.2) is 24.9 Å². The predicted molar refractivity (Wildman–Crippen MR) is 254 cm³/mol. The van der Waals surface area contributed by atoms with Gasteiger partial charge in [-0.05, 0) is 46.5 Å². The van der Waals surface area contributed by atoms with Crippen LogP contribution in [0.5, 0.6) is 0 Å². The molecule has 6 nitrogen and oxygen atoms in total. The van der Waals surface area contributed by atoms with E-state index in [-0.39, 0.29) is 0 Å². The molecule has 0 N–H and O–H groups in total. The molecule has 0 saturated carbocycles. The molecule has 0 fully saturated rings. The van der Waals surface area contributed by atoms with Crippen molar-refractivity contribution in [3.8, 4) is 79.1 Å². The number of fused-ring (bicyclic) bond motifs is 6. The molecule has 0 unspecified atom stereocenters. The molecule has 0 atom stereocenters. The Morgan fingerprint density at radius 1 is 0.339 bits per heavy atom. The molecule has 4 heterocycles. The number of rotatable bonds is 7. The fourth-order valence-electron chi connectivity index (χ4n) is 8.41. The van der Waals surface area contributed by atoms with E-state index in [0.29, 0.717) is 23.3 Å². The molecule has 7 heteroatoms. The highest BCUT2D eigenvalue weighted by Crippen LogP contribution is 2.43. The minimum atomic E-state index is 0.581. The molecular formula is C55H33N5OS. The molecule has 0 aliphatic carbocycles. The number of furan rings is 1. The Kier molecular flexibility index (Phi) is 8.57. The van der Waals surface area contributed by atoms with E-state index in [1.165, 1.54) is 4.70 Å². The minimum Gasteiger partial charge on any atom is -0.456 e. The average Bonchev–Trinajstić information content (AvgIpc) is 3.93. The zero-order chi connectivity index (χ0) is 41.0. The van der Waals surface area contributed by atoms with Crippen LogP contribution in [0, 0.1) is 0 Å². The van der Waals surface area contributed by atoms with E-state index in [0.717, 1.165) is 93.3 Å². The molecule has 12 rings (SSSR count). The molecule has 0 aliphatic heterocycles. The Morgan fingerprint density at radius 3 is 1.55 bits per heavy atom. The Hall–Kier alpha value is -8.13. The van der Waals surface area contributed by atoms with Crippen LogP contribution in [-0.2, 0) is 0 Å². The van der Waals surface area contributed by atoms with Crippen molar-refractivity contribution in [2.75, 3.05) is 0 Å². The van der Waals surface area contributed by atoms with Gasteiger partial charge in [-0.1, -0.05) is 176 Å². The number of hydrogen-bond acceptors (Lipinski definition) is 7. The Bertz CT molecular complexity index is 3560. The third kappa shape index (κ3) is 6.22. The summed E-state index contributed by atoms with van der Waals surface area (Å²) < 4.78 is 8.83. The maximum Gasteiger partial charge on any atom is 0.164 e. The van der Waals surface area contributed by atoms with E-state index in [2.05, 4.69) is 115 Å². The molecular weight excluding hydrogens is 779 g/mol. The van der Waals surface area contributed by atoms with Crippen LogP contribution in [0.25, 0.3) is 121 Å². The predicted octanol–water partition coefficient (Wildman–Crippen LogP) is 14.6. The summed E-state index contributed by atoms with van der Waals surface area (Å²) in [6.07, 6.45) is 0. The second-order valence-corrected chi connectivity index (χ2v) is 16.2. The number of thiophene rings is 1. The second kappa shape index (κ2) is 14.9. The first kappa shape index (κ1) is 35.8. The van der Waals surface area contributed by atoms with Gasteiger partial charge in [-0.3, -0.25) is 0 Å². The van der Waals surface area contributed by atoms with Gasteiger partial charge in [0.2, 0.25) is 0 Å². The minimum absolute atomic E-state index is 0.581. The smallest absolute Gasteiger partial charge is 0.164 e. The zero-order valence-corrected chi connectivity index (χ0v) is 33.9. The normalized spacial score (nSPS) is 11.5. The first-order valence-corrected chi connectivity index (χ1v) is 21.3. The van der Waals surface area contributed by atoms with Crippen molar-refractivity contribution in [3.63, 3.8) is 0 Å². The lowest BCUT2D eigenvalue weighted by atomic mass is 9.96. The van der Waals surface area contributed by atoms with Crippen LogP contribution in [0.3, 0.4) is 0 Å². The molecule has 0 amide bonds. The lowest BCUT2D eigenvalue weighted by Gasteiger charge is -2.11. The second-order valence-electron chi connectivity index (χ2n) is 15.2. The van der Waals surface area contributed by atoms with E-state index in [4.69, 9.17) is 29.3 Å². The van der Waals surface area contributed by atoms with E-state index >= 15 is 0 Å². The summed E-state index contributed by atoms with van der Waals surface area (Å²) in [4.78, 5) is 25.7. The summed E-state index contributed by atoms with van der Waals surface area (Å²) >= 11 is 1.74. The molecule has 8 aromatic carbocycles. The lowest BCUT2D eigenvalue weighted by Crippen LogP contribution is -2.00. The fourth-order valence-corrected chi connectivity index (χ4v) is 9.57. The van der Waals surface area contributed by atoms with Crippen molar-refractivity contribution in [2.24, 2.45) is 0 Å². The van der Waals surface area contributed by atoms with Gasteiger partial charge in [-0.2, -0.15) is 0 Å². The quantitative estimate of drug-likeness (QED) is 0.160. The van der Waals surface area contributed by atoms with Gasteiger partial charge in [0.1, 0.15) is 11.2 Å². The van der Waals surface area contributed by atoms with E-state index in [9.17, 15) is 0 Å². The fraction of sp³-hybridized carbons (Fsp3) is 0. The summed E-state index contributed by atoms with van der Waals surface area (Å²) in [5, 5.41) is 3.09. The van der Waals surface area contributed by atoms with Crippen molar-refractivity contribution in [1.82, 2.24) is 24.9 Å². The third-order valence-corrected chi connectivity index (χ3v) is 12.5. The van der Waals surface area contributed by atoms with Gasteiger partial charge < -0.3 is 4.42 Å². The molecule has 0 bridgehead atoms. The topological polar surface area (TPSA) is 77.6 Å². The lowest BCUT2D eigenvalue weighted by molar-refractivity contribution is 0.669. The highest BCUT2D eigenvalue weighted by Gasteiger charge is 2.21. The van der Waals surface area contributed by atoms with Crippen LogP contribution in [0.4, 0.5) is 0 Å². The van der Waals surface area contributed by atoms with Crippen molar-refractivity contribution >= 4 is 53.6 Å². The van der Waals surface area contributed by atoms with Crippen molar-refractivity contribution in [3.05, 3.63) is 200 Å². The molecule has 62 heavy (non-hydrogen) atoms. The van der Waals surface area contributed by atoms with Gasteiger partial charge in [0.25, 0.3) is 0 Å². The van der Waals surface area contributed by atoms with Crippen LogP contribution in [0.2, 0.25) is 0 Å². The average molecular weight is 812 g/mol. The number of benzene rings is 8. The first-order chi connectivity index (χ1) is 30.7. The summed E-state index contributed by atoms with van der Waals surface area (Å²) in [6.45, 7) is 0. The van der Waals surface area contributed by atoms with Crippen LogP contribution in [0.1, 0.15) is 0 Å². The Balaban J connectivity index is 1.00. The van der Waals surface area contributed by atoms with Crippen LogP contribution >= 0.6 is 11.3 Å². The zero-order valence-electron chi connectivity index (χ0n) is 33.1. The standard InChI is InChI=1S/C55H33N5OS/c1-4-15-34(16-5-1)39-21-12-22-40(33-39)54-56-49(51-50(57-54)42-23-10-11-28-46(42)62-51)36-31-29-35(30-32-36)41-24-13-26-44-47(41)48-43(25-14-27-45(48)61-44)55-59-52(37-17-6-2-7-18-37)58-53(60-55)38-19-8-3-9-20-38/h1-33H. The van der Waals surface area contributed by atoms with Gasteiger partial charge in [0.05, 0.1) is 15.9 Å². The highest BCUT2D eigenvalue weighted by atomic mass is 32.1. The summed E-state index contributed by atoms with van der Waals surface area (Å²) in [7, 11) is 0. The highest BCUT2D eigenvalue weighted by molar-refractivity contribution is 7.26. The SMILES string of the molecule is c1ccc(-c2cccc(-c3nc(-c4ccc(-c5cccc6oc7cccc(-c8nc(-c9ccccc9)nc(-c9ccccc9)n8)c7c56)cc4)c4sc5ccccc5c4n3)c2)cc1. The monoisotopic (exact) mass is 811 g/mol. The largest absolute Gasteiger partial charge is 0.456 e. The maximum absolute atomic E-state index is 6.58. The summed E-state index contributed by atoms with van der Waals surface area (Å²) in [5.74, 6) is 2.50. The van der Waals surface area contributed by atoms with Gasteiger partial charge >= 0.3 is 0 Å². The molecule has 0 spiro atoms. The van der Waals surface area contributed by atoms with Crippen molar-refractivity contribution < 1.29 is 4.42 Å². The number of aromatic nitrogens is 5. The van der Waals surface area contributed by atoms with Crippen LogP contribution < -0.4 is 0 Å². The number of nitrogens with zero attached hydrogens (tertiary/aromatic N) is 5. The van der Waals surface area contributed by atoms with Gasteiger partial charge in [0, 0.05) is 48.7 Å². The van der Waals surface area contributed by atoms with Gasteiger partial charge in [-0.25, -0.2) is 24.9 Å². The first-order valence-electron chi connectivity index (χ1n) is 20.5. The van der Waals surface area contributed by atoms with Gasteiger partial charge in [0.15, 0.2) is 23.3 Å². The maximum atomic E-state index is 6.58. The molecule has 4 aromatic heterocycles. The van der Waals surface area contributed by atoms with Crippen molar-refractivity contribution in [1.29, 1.82) is 0 Å². The molecule has 0 aliphatic rings. The Labute approximate surface area is 360 Å². The van der Waals surface area contributed by atoms with Crippen molar-refractivity contribution in [2.45, 2.75) is 0 Å². The number of hydrogen-bond donors (Lipinski definition) is 0. The summed E-state index contributed by atoms with van der Waals surface area (Å²) in [6, 6.07) is 68.6. The Morgan fingerprint density at radius 2 is 0.855 bits per heavy atom.